The number of allylic oxidation sites excluding steroid dienone is 1. The van der Waals surface area contributed by atoms with E-state index in [-0.39, 0.29) is 0 Å². The second-order valence-corrected chi connectivity index (χ2v) is 4.99. The third kappa shape index (κ3) is 13.2. The van der Waals surface area contributed by atoms with Gasteiger partial charge < -0.3 is 0 Å². The molecule has 0 fully saturated rings. The van der Waals surface area contributed by atoms with E-state index in [4.69, 9.17) is 0 Å². The minimum Gasteiger partial charge on any atom is -0.272 e. The van der Waals surface area contributed by atoms with Gasteiger partial charge in [-0.15, -0.1) is 0 Å². The molecule has 3 N–H and O–H groups in total. The number of thioether (sulfide) groups is 1. The molecule has 0 radical (unpaired) electrons. The SMILES string of the molecule is C=CC(=C)Sc1ccccc1C.CCCC.CNN. The number of rotatable bonds is 4. The number of hydrogen-bond acceptors (Lipinski definition) is 3. The second-order valence-electron chi connectivity index (χ2n) is 3.83. The quantitative estimate of drug-likeness (QED) is 0.364. The predicted molar refractivity (Wildman–Crippen MR) is 90.2 cm³/mol. The molecule has 1 aromatic carbocycles. The predicted octanol–water partition coefficient (Wildman–Crippen LogP) is 4.67. The van der Waals surface area contributed by atoms with E-state index in [1.807, 2.05) is 12.1 Å². The van der Waals surface area contributed by atoms with Crippen LogP contribution >= 0.6 is 11.8 Å². The average Bonchev–Trinajstić information content (AvgIpc) is 2.42. The van der Waals surface area contributed by atoms with Crippen molar-refractivity contribution in [1.29, 1.82) is 0 Å². The van der Waals surface area contributed by atoms with Gasteiger partial charge in [-0.1, -0.05) is 75.9 Å². The Labute approximate surface area is 123 Å². The summed E-state index contributed by atoms with van der Waals surface area (Å²) in [4.78, 5) is 2.24. The molecule has 0 amide bonds. The lowest BCUT2D eigenvalue weighted by molar-refractivity contribution is 0.886. The van der Waals surface area contributed by atoms with Crippen LogP contribution in [-0.2, 0) is 0 Å². The molecule has 1 aromatic rings. The van der Waals surface area contributed by atoms with E-state index in [0.717, 1.165) is 4.91 Å². The van der Waals surface area contributed by atoms with Crippen LogP contribution in [-0.4, -0.2) is 7.05 Å². The Bertz CT molecular complexity index is 346. The van der Waals surface area contributed by atoms with E-state index < -0.39 is 0 Å². The molecule has 0 aliphatic rings. The van der Waals surface area contributed by atoms with Gasteiger partial charge in [-0.2, -0.15) is 0 Å². The maximum absolute atomic E-state index is 4.60. The van der Waals surface area contributed by atoms with Gasteiger partial charge in [0.2, 0.25) is 0 Å². The number of nitrogens with one attached hydrogen (secondary N) is 1. The molecular weight excluding hydrogens is 252 g/mol. The highest BCUT2D eigenvalue weighted by Gasteiger charge is 1.97. The van der Waals surface area contributed by atoms with E-state index in [1.165, 1.54) is 23.3 Å². The third-order valence-electron chi connectivity index (χ3n) is 2.06. The van der Waals surface area contributed by atoms with Crippen molar-refractivity contribution in [3.05, 3.63) is 54.0 Å². The van der Waals surface area contributed by atoms with Crippen LogP contribution in [0.5, 0.6) is 0 Å². The van der Waals surface area contributed by atoms with Crippen molar-refractivity contribution in [3.63, 3.8) is 0 Å². The normalized spacial score (nSPS) is 8.47. The maximum atomic E-state index is 4.60. The Morgan fingerprint density at radius 2 is 1.79 bits per heavy atom. The first-order valence-electron chi connectivity index (χ1n) is 6.49. The van der Waals surface area contributed by atoms with Gasteiger partial charge in [0.05, 0.1) is 0 Å². The topological polar surface area (TPSA) is 38.0 Å². The van der Waals surface area contributed by atoms with Crippen LogP contribution in [0.3, 0.4) is 0 Å². The third-order valence-corrected chi connectivity index (χ3v) is 3.17. The first-order valence-corrected chi connectivity index (χ1v) is 7.31. The molecule has 0 aromatic heterocycles. The van der Waals surface area contributed by atoms with Gasteiger partial charge >= 0.3 is 0 Å². The van der Waals surface area contributed by atoms with E-state index in [0.29, 0.717) is 0 Å². The first-order chi connectivity index (χ1) is 9.06. The van der Waals surface area contributed by atoms with Crippen LogP contribution in [0.15, 0.2) is 53.3 Å². The number of aryl methyl sites for hydroxylation is 1. The van der Waals surface area contributed by atoms with Crippen LogP contribution in [0.4, 0.5) is 0 Å². The van der Waals surface area contributed by atoms with Crippen molar-refractivity contribution in [3.8, 4) is 0 Å². The molecule has 0 aliphatic heterocycles. The lowest BCUT2D eigenvalue weighted by Gasteiger charge is -2.03. The van der Waals surface area contributed by atoms with Gasteiger partial charge in [0.25, 0.3) is 0 Å². The van der Waals surface area contributed by atoms with Crippen LogP contribution in [0.1, 0.15) is 32.3 Å². The molecule has 2 nitrogen and oxygen atoms in total. The summed E-state index contributed by atoms with van der Waals surface area (Å²) in [6, 6.07) is 8.26. The van der Waals surface area contributed by atoms with Crippen molar-refractivity contribution >= 4 is 11.8 Å². The monoisotopic (exact) mass is 280 g/mol. The summed E-state index contributed by atoms with van der Waals surface area (Å²) in [7, 11) is 1.65. The van der Waals surface area contributed by atoms with E-state index >= 15 is 0 Å². The zero-order chi connectivity index (χ0) is 15.1. The number of hydrogen-bond donors (Lipinski definition) is 2. The number of nitrogens with two attached hydrogens (primary N) is 1. The summed E-state index contributed by atoms with van der Waals surface area (Å²) < 4.78 is 0. The van der Waals surface area contributed by atoms with E-state index in [1.54, 1.807) is 24.9 Å². The van der Waals surface area contributed by atoms with Gasteiger partial charge in [0.15, 0.2) is 0 Å². The second kappa shape index (κ2) is 15.0. The standard InChI is InChI=1S/C11H12S.C4H10.CH6N2/c1-4-10(3)12-11-8-6-5-7-9(11)2;1-3-4-2;1-3-2/h4-8H,1,3H2,2H3;3-4H2,1-2H3;3H,2H2,1H3. The van der Waals surface area contributed by atoms with E-state index in [2.05, 4.69) is 57.3 Å². The fourth-order valence-electron chi connectivity index (χ4n) is 0.854. The Balaban J connectivity index is 0. The summed E-state index contributed by atoms with van der Waals surface area (Å²) in [5.41, 5.74) is 3.53. The Morgan fingerprint density at radius 1 is 1.32 bits per heavy atom. The van der Waals surface area contributed by atoms with Crippen molar-refractivity contribution < 1.29 is 0 Å². The Hall–Kier alpha value is -1.03. The van der Waals surface area contributed by atoms with Crippen molar-refractivity contribution in [2.45, 2.75) is 38.5 Å². The molecule has 0 bridgehead atoms. The molecular formula is C16H28N2S. The van der Waals surface area contributed by atoms with Crippen LogP contribution < -0.4 is 11.3 Å². The minimum absolute atomic E-state index is 0.990. The summed E-state index contributed by atoms with van der Waals surface area (Å²) in [5.74, 6) is 4.60. The summed E-state index contributed by atoms with van der Waals surface area (Å²) in [6.07, 6.45) is 4.41. The summed E-state index contributed by atoms with van der Waals surface area (Å²) in [6.45, 7) is 14.0. The number of benzene rings is 1. The molecule has 0 saturated carbocycles. The zero-order valence-corrected chi connectivity index (χ0v) is 13.5. The molecule has 0 unspecified atom stereocenters. The van der Waals surface area contributed by atoms with Gasteiger partial charge in [-0.05, 0) is 25.6 Å². The lowest BCUT2D eigenvalue weighted by atomic mass is 10.2. The highest BCUT2D eigenvalue weighted by atomic mass is 32.2. The molecule has 108 valence electrons. The largest absolute Gasteiger partial charge is 0.272 e. The molecule has 0 atom stereocenters. The number of unbranched alkanes of at least 4 members (excludes halogenated alkanes) is 1. The van der Waals surface area contributed by atoms with E-state index in [9.17, 15) is 0 Å². The average molecular weight is 280 g/mol. The minimum atomic E-state index is 0.990. The van der Waals surface area contributed by atoms with Crippen molar-refractivity contribution in [2.75, 3.05) is 7.05 Å². The van der Waals surface area contributed by atoms with Crippen molar-refractivity contribution in [1.82, 2.24) is 5.43 Å². The van der Waals surface area contributed by atoms with Gasteiger partial charge in [0, 0.05) is 9.80 Å². The molecule has 3 heteroatoms. The maximum Gasteiger partial charge on any atom is 0.0151 e. The Kier molecular flexibility index (Phi) is 16.1. The van der Waals surface area contributed by atoms with Gasteiger partial charge in [-0.3, -0.25) is 11.3 Å². The van der Waals surface area contributed by atoms with Crippen LogP contribution in [0.25, 0.3) is 0 Å². The van der Waals surface area contributed by atoms with Crippen molar-refractivity contribution in [2.24, 2.45) is 5.84 Å². The molecule has 1 rings (SSSR count). The summed E-state index contributed by atoms with van der Waals surface area (Å²) in [5, 5.41) is 0. The summed E-state index contributed by atoms with van der Waals surface area (Å²) >= 11 is 1.66. The fourth-order valence-corrected chi connectivity index (χ4v) is 1.60. The number of hydrazine groups is 1. The first kappa shape index (κ1) is 20.3. The van der Waals surface area contributed by atoms with Gasteiger partial charge in [-0.25, -0.2) is 0 Å². The fraction of sp³-hybridized carbons (Fsp3) is 0.375. The molecule has 0 aliphatic carbocycles. The highest BCUT2D eigenvalue weighted by molar-refractivity contribution is 8.03. The van der Waals surface area contributed by atoms with Crippen LogP contribution in [0.2, 0.25) is 0 Å². The Morgan fingerprint density at radius 3 is 2.16 bits per heavy atom. The smallest absolute Gasteiger partial charge is 0.0151 e. The molecule has 19 heavy (non-hydrogen) atoms. The lowest BCUT2D eigenvalue weighted by Crippen LogP contribution is -2.13. The highest BCUT2D eigenvalue weighted by Crippen LogP contribution is 2.28. The zero-order valence-electron chi connectivity index (χ0n) is 12.7. The molecule has 0 saturated heterocycles. The van der Waals surface area contributed by atoms with Crippen LogP contribution in [0, 0.1) is 6.92 Å². The van der Waals surface area contributed by atoms with Gasteiger partial charge in [0.1, 0.15) is 0 Å². The molecule has 0 spiro atoms. The molecule has 0 heterocycles.